The van der Waals surface area contributed by atoms with Crippen molar-refractivity contribution in [2.45, 2.75) is 45.1 Å². The molecular weight excluding hydrogens is 338 g/mol. The molecule has 1 aliphatic rings. The van der Waals surface area contributed by atoms with Gasteiger partial charge in [-0.2, -0.15) is 4.98 Å². The van der Waals surface area contributed by atoms with E-state index in [1.807, 2.05) is 36.3 Å². The van der Waals surface area contributed by atoms with Crippen molar-refractivity contribution in [1.29, 1.82) is 0 Å². The molecule has 3 rings (SSSR count). The highest BCUT2D eigenvalue weighted by Crippen LogP contribution is 2.28. The van der Waals surface area contributed by atoms with E-state index in [-0.39, 0.29) is 24.3 Å². The zero-order valence-electron chi connectivity index (χ0n) is 14.5. The van der Waals surface area contributed by atoms with E-state index in [1.54, 1.807) is 6.08 Å². The highest BCUT2D eigenvalue weighted by molar-refractivity contribution is 7.11. The molecule has 6 nitrogen and oxygen atoms in total. The lowest BCUT2D eigenvalue weighted by molar-refractivity contribution is -0.127. The number of hydrogen-bond acceptors (Lipinski definition) is 6. The number of hydrogen-bond donors (Lipinski definition) is 1. The molecule has 1 aliphatic heterocycles. The van der Waals surface area contributed by atoms with E-state index < -0.39 is 0 Å². The Balaban J connectivity index is 1.53. The average molecular weight is 361 g/mol. The van der Waals surface area contributed by atoms with Crippen LogP contribution in [0, 0.1) is 0 Å². The van der Waals surface area contributed by atoms with Crippen molar-refractivity contribution in [3.63, 3.8) is 0 Å². The summed E-state index contributed by atoms with van der Waals surface area (Å²) in [5, 5.41) is 15.0. The van der Waals surface area contributed by atoms with Crippen LogP contribution in [-0.4, -0.2) is 39.1 Å². The third-order valence-corrected chi connectivity index (χ3v) is 5.32. The fourth-order valence-corrected chi connectivity index (χ4v) is 3.61. The molecule has 0 spiro atoms. The molecule has 0 unspecified atom stereocenters. The number of nitrogens with zero attached hydrogens (tertiary/aromatic N) is 3. The summed E-state index contributed by atoms with van der Waals surface area (Å²) in [5.41, 5.74) is 0.873. The number of aromatic nitrogens is 2. The van der Waals surface area contributed by atoms with Gasteiger partial charge in [0.15, 0.2) is 5.82 Å². The Morgan fingerprint density at radius 1 is 1.48 bits per heavy atom. The SMILES string of the molecule is CC(C)c1noc(C2CCN(C(=O)C=Cc3cc(CO)cs3)CC2)n1. The van der Waals surface area contributed by atoms with Crippen LogP contribution in [0.4, 0.5) is 0 Å². The molecule has 0 bridgehead atoms. The lowest BCUT2D eigenvalue weighted by atomic mass is 9.96. The first-order valence-electron chi connectivity index (χ1n) is 8.55. The van der Waals surface area contributed by atoms with Crippen molar-refractivity contribution in [1.82, 2.24) is 15.0 Å². The van der Waals surface area contributed by atoms with Crippen molar-refractivity contribution in [2.24, 2.45) is 0 Å². The van der Waals surface area contributed by atoms with Crippen molar-refractivity contribution in [3.8, 4) is 0 Å². The highest BCUT2D eigenvalue weighted by atomic mass is 32.1. The first-order chi connectivity index (χ1) is 12.1. The molecule has 2 aromatic rings. The van der Waals surface area contributed by atoms with Crippen LogP contribution in [0.1, 0.15) is 60.7 Å². The van der Waals surface area contributed by atoms with E-state index in [4.69, 9.17) is 9.63 Å². The summed E-state index contributed by atoms with van der Waals surface area (Å²) in [6, 6.07) is 1.89. The van der Waals surface area contributed by atoms with Crippen molar-refractivity contribution < 1.29 is 14.4 Å². The van der Waals surface area contributed by atoms with Crippen LogP contribution >= 0.6 is 11.3 Å². The van der Waals surface area contributed by atoms with Crippen LogP contribution in [0.25, 0.3) is 6.08 Å². The number of carbonyl (C=O) groups excluding carboxylic acids is 1. The second-order valence-electron chi connectivity index (χ2n) is 6.59. The van der Waals surface area contributed by atoms with E-state index in [0.29, 0.717) is 19.0 Å². The number of aliphatic hydroxyl groups excluding tert-OH is 1. The average Bonchev–Trinajstić information content (AvgIpc) is 3.29. The number of thiophene rings is 1. The van der Waals surface area contributed by atoms with Gasteiger partial charge in [0.2, 0.25) is 11.8 Å². The fourth-order valence-electron chi connectivity index (χ4n) is 2.82. The third kappa shape index (κ3) is 4.35. The molecule has 0 aliphatic carbocycles. The summed E-state index contributed by atoms with van der Waals surface area (Å²) in [6.45, 7) is 5.50. The van der Waals surface area contributed by atoms with E-state index in [9.17, 15) is 4.79 Å². The largest absolute Gasteiger partial charge is 0.392 e. The van der Waals surface area contributed by atoms with Gasteiger partial charge in [-0.1, -0.05) is 19.0 Å². The molecule has 134 valence electrons. The van der Waals surface area contributed by atoms with Gasteiger partial charge in [0.05, 0.1) is 6.61 Å². The number of aliphatic hydroxyl groups is 1. The predicted molar refractivity (Wildman–Crippen MR) is 96.2 cm³/mol. The van der Waals surface area contributed by atoms with Crippen LogP contribution in [0.2, 0.25) is 0 Å². The molecule has 1 fully saturated rings. The van der Waals surface area contributed by atoms with Gasteiger partial charge >= 0.3 is 0 Å². The minimum atomic E-state index is 0.0193. The van der Waals surface area contributed by atoms with Gasteiger partial charge in [-0.05, 0) is 35.9 Å². The quantitative estimate of drug-likeness (QED) is 0.828. The summed E-state index contributed by atoms with van der Waals surface area (Å²) >= 11 is 1.52. The van der Waals surface area contributed by atoms with Gasteiger partial charge in [-0.25, -0.2) is 0 Å². The maximum atomic E-state index is 12.3. The fraction of sp³-hybridized carbons (Fsp3) is 0.500. The lowest BCUT2D eigenvalue weighted by Gasteiger charge is -2.29. The Morgan fingerprint density at radius 2 is 2.24 bits per heavy atom. The maximum absolute atomic E-state index is 12.3. The van der Waals surface area contributed by atoms with Gasteiger partial charge in [0.25, 0.3) is 0 Å². The predicted octanol–water partition coefficient (Wildman–Crippen LogP) is 3.17. The van der Waals surface area contributed by atoms with Gasteiger partial charge < -0.3 is 14.5 Å². The van der Waals surface area contributed by atoms with E-state index in [2.05, 4.69) is 10.1 Å². The van der Waals surface area contributed by atoms with Crippen molar-refractivity contribution >= 4 is 23.3 Å². The summed E-state index contributed by atoms with van der Waals surface area (Å²) in [5.74, 6) is 1.95. The molecule has 3 heterocycles. The molecular formula is C18H23N3O3S. The molecule has 1 amide bonds. The van der Waals surface area contributed by atoms with Crippen molar-refractivity contribution in [2.75, 3.05) is 13.1 Å². The topological polar surface area (TPSA) is 79.5 Å². The minimum absolute atomic E-state index is 0.0193. The van der Waals surface area contributed by atoms with E-state index in [0.717, 1.165) is 29.1 Å². The lowest BCUT2D eigenvalue weighted by Crippen LogP contribution is -2.36. The summed E-state index contributed by atoms with van der Waals surface area (Å²) in [7, 11) is 0. The van der Waals surface area contributed by atoms with Crippen molar-refractivity contribution in [3.05, 3.63) is 39.7 Å². The zero-order chi connectivity index (χ0) is 17.8. The Bertz CT molecular complexity index is 742. The first-order valence-corrected chi connectivity index (χ1v) is 9.43. The number of piperidine rings is 1. The Morgan fingerprint density at radius 3 is 2.84 bits per heavy atom. The maximum Gasteiger partial charge on any atom is 0.246 e. The molecule has 0 saturated carbocycles. The Labute approximate surface area is 151 Å². The van der Waals surface area contributed by atoms with Crippen LogP contribution < -0.4 is 0 Å². The highest BCUT2D eigenvalue weighted by Gasteiger charge is 2.27. The molecule has 25 heavy (non-hydrogen) atoms. The summed E-state index contributed by atoms with van der Waals surface area (Å²) in [6.07, 6.45) is 5.10. The third-order valence-electron chi connectivity index (χ3n) is 4.38. The smallest absolute Gasteiger partial charge is 0.246 e. The van der Waals surface area contributed by atoms with Gasteiger partial charge in [0.1, 0.15) is 0 Å². The molecule has 0 radical (unpaired) electrons. The van der Waals surface area contributed by atoms with Gasteiger partial charge in [-0.3, -0.25) is 4.79 Å². The zero-order valence-corrected chi connectivity index (χ0v) is 15.3. The number of likely N-dealkylation sites (tertiary alicyclic amines) is 1. The Hall–Kier alpha value is -1.99. The second-order valence-corrected chi connectivity index (χ2v) is 7.54. The van der Waals surface area contributed by atoms with Gasteiger partial charge in [-0.15, -0.1) is 11.3 Å². The standard InChI is InChI=1S/C18H23N3O3S/c1-12(2)17-19-18(24-20-17)14-5-7-21(8-6-14)16(23)4-3-15-9-13(10-22)11-25-15/h3-4,9,11-12,14,22H,5-8,10H2,1-2H3. The van der Waals surface area contributed by atoms with Gasteiger partial charge in [0, 0.05) is 35.9 Å². The Kier molecular flexibility index (Phi) is 5.65. The minimum Gasteiger partial charge on any atom is -0.392 e. The van der Waals surface area contributed by atoms with E-state index >= 15 is 0 Å². The molecule has 7 heteroatoms. The van der Waals surface area contributed by atoms with Crippen LogP contribution in [-0.2, 0) is 11.4 Å². The number of carbonyl (C=O) groups is 1. The molecule has 0 aromatic carbocycles. The molecule has 1 N–H and O–H groups in total. The number of amides is 1. The molecule has 1 saturated heterocycles. The first kappa shape index (κ1) is 17.8. The normalized spacial score (nSPS) is 16.2. The van der Waals surface area contributed by atoms with Crippen LogP contribution in [0.3, 0.4) is 0 Å². The monoisotopic (exact) mass is 361 g/mol. The van der Waals surface area contributed by atoms with Crippen LogP contribution in [0.5, 0.6) is 0 Å². The molecule has 2 aromatic heterocycles. The van der Waals surface area contributed by atoms with E-state index in [1.165, 1.54) is 11.3 Å². The van der Waals surface area contributed by atoms with Crippen LogP contribution in [0.15, 0.2) is 22.0 Å². The summed E-state index contributed by atoms with van der Waals surface area (Å²) < 4.78 is 5.38. The molecule has 0 atom stereocenters. The summed E-state index contributed by atoms with van der Waals surface area (Å²) in [4.78, 5) is 19.6. The number of rotatable bonds is 5. The second kappa shape index (κ2) is 7.93.